The molecule has 1 aromatic carbocycles. The molecule has 1 unspecified atom stereocenters. The number of hydrogen-bond acceptors (Lipinski definition) is 2. The minimum atomic E-state index is -0.178. The highest BCUT2D eigenvalue weighted by Crippen LogP contribution is 2.17. The zero-order valence-corrected chi connectivity index (χ0v) is 12.2. The number of hydrogen-bond donors (Lipinski definition) is 1. The summed E-state index contributed by atoms with van der Waals surface area (Å²) < 4.78 is 14.0. The Morgan fingerprint density at radius 1 is 1.47 bits per heavy atom. The van der Waals surface area contributed by atoms with Gasteiger partial charge in [-0.2, -0.15) is 0 Å². The van der Waals surface area contributed by atoms with Crippen molar-refractivity contribution in [2.45, 2.75) is 19.0 Å². The van der Waals surface area contributed by atoms with E-state index in [0.717, 1.165) is 29.7 Å². The maximum absolute atomic E-state index is 13.2. The summed E-state index contributed by atoms with van der Waals surface area (Å²) in [6.45, 7) is 2.91. The van der Waals surface area contributed by atoms with Crippen molar-refractivity contribution in [3.8, 4) is 0 Å². The molecule has 2 rings (SSSR count). The molecule has 1 aromatic rings. The van der Waals surface area contributed by atoms with Gasteiger partial charge in [-0.05, 0) is 43.8 Å². The molecule has 0 radical (unpaired) electrons. The fourth-order valence-electron chi connectivity index (χ4n) is 2.13. The molecular weight excluding hydrogens is 307 g/mol. The molecule has 17 heavy (non-hydrogen) atoms. The van der Waals surface area contributed by atoms with Gasteiger partial charge in [0.15, 0.2) is 0 Å². The van der Waals surface area contributed by atoms with Crippen LogP contribution < -0.4 is 5.32 Å². The third kappa shape index (κ3) is 4.21. The fraction of sp³-hybridized carbons (Fsp3) is 0.500. The minimum absolute atomic E-state index is 0. The Morgan fingerprint density at radius 2 is 2.24 bits per heavy atom. The van der Waals surface area contributed by atoms with Gasteiger partial charge in [-0.1, -0.05) is 15.9 Å². The van der Waals surface area contributed by atoms with Gasteiger partial charge in [-0.15, -0.1) is 12.4 Å². The Morgan fingerprint density at radius 3 is 2.82 bits per heavy atom. The quantitative estimate of drug-likeness (QED) is 0.920. The first-order chi connectivity index (χ1) is 7.65. The van der Waals surface area contributed by atoms with Gasteiger partial charge in [0.25, 0.3) is 0 Å². The normalized spacial score (nSPS) is 19.4. The third-order valence-electron chi connectivity index (χ3n) is 3.01. The maximum atomic E-state index is 13.2. The monoisotopic (exact) mass is 322 g/mol. The second-order valence-electron chi connectivity index (χ2n) is 4.34. The van der Waals surface area contributed by atoms with E-state index in [0.29, 0.717) is 6.04 Å². The first-order valence-corrected chi connectivity index (χ1v) is 6.30. The van der Waals surface area contributed by atoms with Gasteiger partial charge in [-0.3, -0.25) is 4.90 Å². The van der Waals surface area contributed by atoms with E-state index in [1.165, 1.54) is 12.5 Å². The Kier molecular flexibility index (Phi) is 5.86. The van der Waals surface area contributed by atoms with Crippen LogP contribution in [0.3, 0.4) is 0 Å². The molecule has 0 aliphatic carbocycles. The molecule has 1 saturated heterocycles. The molecule has 1 heterocycles. The van der Waals surface area contributed by atoms with E-state index < -0.39 is 0 Å². The van der Waals surface area contributed by atoms with Crippen LogP contribution in [0.25, 0.3) is 0 Å². The van der Waals surface area contributed by atoms with E-state index in [1.807, 2.05) is 6.07 Å². The molecule has 0 spiro atoms. The van der Waals surface area contributed by atoms with Crippen LogP contribution in [0, 0.1) is 5.82 Å². The van der Waals surface area contributed by atoms with Crippen molar-refractivity contribution in [2.24, 2.45) is 0 Å². The molecule has 1 aliphatic rings. The van der Waals surface area contributed by atoms with Gasteiger partial charge in [-0.25, -0.2) is 4.39 Å². The van der Waals surface area contributed by atoms with Crippen LogP contribution in [0.15, 0.2) is 22.7 Å². The third-order valence-corrected chi connectivity index (χ3v) is 3.47. The largest absolute Gasteiger partial charge is 0.315 e. The van der Waals surface area contributed by atoms with Gasteiger partial charge >= 0.3 is 0 Å². The lowest BCUT2D eigenvalue weighted by Crippen LogP contribution is -2.32. The molecule has 1 atom stereocenters. The zero-order valence-electron chi connectivity index (χ0n) is 9.75. The summed E-state index contributed by atoms with van der Waals surface area (Å²) in [6, 6.07) is 5.63. The summed E-state index contributed by atoms with van der Waals surface area (Å²) in [5.41, 5.74) is 1.02. The molecule has 0 saturated carbocycles. The number of nitrogens with one attached hydrogen (secondary N) is 1. The Labute approximate surface area is 116 Å². The number of likely N-dealkylation sites (N-methyl/N-ethyl adjacent to an activating group) is 1. The van der Waals surface area contributed by atoms with Crippen LogP contribution in [0.2, 0.25) is 0 Å². The Hall–Kier alpha value is -0.160. The van der Waals surface area contributed by atoms with Gasteiger partial charge in [0, 0.05) is 23.6 Å². The van der Waals surface area contributed by atoms with Gasteiger partial charge in [0.1, 0.15) is 5.82 Å². The molecule has 5 heteroatoms. The van der Waals surface area contributed by atoms with Crippen LogP contribution in [0.5, 0.6) is 0 Å². The molecule has 1 aliphatic heterocycles. The number of nitrogens with zero attached hydrogens (tertiary/aromatic N) is 1. The van der Waals surface area contributed by atoms with Gasteiger partial charge in [0.2, 0.25) is 0 Å². The molecule has 2 nitrogen and oxygen atoms in total. The summed E-state index contributed by atoms with van der Waals surface area (Å²) >= 11 is 3.32. The van der Waals surface area contributed by atoms with Crippen LogP contribution >= 0.6 is 28.3 Å². The average Bonchev–Trinajstić information content (AvgIpc) is 2.68. The van der Waals surface area contributed by atoms with E-state index in [2.05, 4.69) is 33.2 Å². The average molecular weight is 324 g/mol. The maximum Gasteiger partial charge on any atom is 0.124 e. The van der Waals surface area contributed by atoms with Crippen LogP contribution in [-0.4, -0.2) is 31.1 Å². The first kappa shape index (κ1) is 14.9. The van der Waals surface area contributed by atoms with Crippen LogP contribution in [0.4, 0.5) is 4.39 Å². The summed E-state index contributed by atoms with van der Waals surface area (Å²) in [6.07, 6.45) is 1.17. The molecule has 0 aromatic heterocycles. The van der Waals surface area contributed by atoms with E-state index in [4.69, 9.17) is 0 Å². The highest BCUT2D eigenvalue weighted by molar-refractivity contribution is 9.10. The second-order valence-corrected chi connectivity index (χ2v) is 5.26. The lowest BCUT2D eigenvalue weighted by molar-refractivity contribution is 0.248. The molecule has 0 amide bonds. The lowest BCUT2D eigenvalue weighted by Gasteiger charge is -2.23. The van der Waals surface area contributed by atoms with Crippen LogP contribution in [-0.2, 0) is 6.54 Å². The summed E-state index contributed by atoms with van der Waals surface area (Å²) in [5.74, 6) is -0.178. The van der Waals surface area contributed by atoms with Crippen molar-refractivity contribution in [3.63, 3.8) is 0 Å². The second kappa shape index (κ2) is 6.69. The Balaban J connectivity index is 0.00000144. The minimum Gasteiger partial charge on any atom is -0.315 e. The summed E-state index contributed by atoms with van der Waals surface area (Å²) in [4.78, 5) is 2.28. The number of rotatable bonds is 3. The highest BCUT2D eigenvalue weighted by atomic mass is 79.9. The molecule has 96 valence electrons. The van der Waals surface area contributed by atoms with E-state index in [-0.39, 0.29) is 18.2 Å². The lowest BCUT2D eigenvalue weighted by atomic mass is 10.1. The van der Waals surface area contributed by atoms with E-state index in [1.54, 1.807) is 6.07 Å². The number of benzene rings is 1. The van der Waals surface area contributed by atoms with Crippen molar-refractivity contribution < 1.29 is 4.39 Å². The highest BCUT2D eigenvalue weighted by Gasteiger charge is 2.19. The van der Waals surface area contributed by atoms with Crippen molar-refractivity contribution in [1.29, 1.82) is 0 Å². The number of halogens is 3. The van der Waals surface area contributed by atoms with E-state index >= 15 is 0 Å². The predicted molar refractivity (Wildman–Crippen MR) is 74.1 cm³/mol. The van der Waals surface area contributed by atoms with Crippen molar-refractivity contribution >= 4 is 28.3 Å². The first-order valence-electron chi connectivity index (χ1n) is 5.51. The Bertz CT molecular complexity index is 349. The van der Waals surface area contributed by atoms with Crippen LogP contribution in [0.1, 0.15) is 12.0 Å². The van der Waals surface area contributed by atoms with Crippen molar-refractivity contribution in [2.75, 3.05) is 20.1 Å². The molecule has 0 bridgehead atoms. The van der Waals surface area contributed by atoms with Gasteiger partial charge < -0.3 is 5.32 Å². The smallest absolute Gasteiger partial charge is 0.124 e. The van der Waals surface area contributed by atoms with E-state index in [9.17, 15) is 4.39 Å². The molecule has 1 fully saturated rings. The van der Waals surface area contributed by atoms with Gasteiger partial charge in [0.05, 0.1) is 0 Å². The molecular formula is C12H17BrClFN2. The van der Waals surface area contributed by atoms with Crippen molar-refractivity contribution in [1.82, 2.24) is 10.2 Å². The molecule has 1 N–H and O–H groups in total. The standard InChI is InChI=1S/C12H16BrFN2.ClH/c1-16(12-2-3-15-7-12)8-9-4-10(13)6-11(14)5-9;/h4-6,12,15H,2-3,7-8H2,1H3;1H. The summed E-state index contributed by atoms with van der Waals surface area (Å²) in [7, 11) is 2.09. The zero-order chi connectivity index (χ0) is 11.5. The SMILES string of the molecule is CN(Cc1cc(F)cc(Br)c1)C1CCNC1.Cl. The topological polar surface area (TPSA) is 15.3 Å². The predicted octanol–water partition coefficient (Wildman–Crippen LogP) is 2.80. The fourth-order valence-corrected chi connectivity index (χ4v) is 2.65. The van der Waals surface area contributed by atoms with Crippen molar-refractivity contribution in [3.05, 3.63) is 34.1 Å². The summed E-state index contributed by atoms with van der Waals surface area (Å²) in [5, 5.41) is 3.34.